The van der Waals surface area contributed by atoms with Gasteiger partial charge in [0, 0.05) is 6.54 Å². The van der Waals surface area contributed by atoms with Crippen LogP contribution in [0.15, 0.2) is 35.8 Å². The third-order valence-electron chi connectivity index (χ3n) is 2.49. The van der Waals surface area contributed by atoms with Crippen molar-refractivity contribution in [3.63, 3.8) is 0 Å². The maximum Gasteiger partial charge on any atom is 0.263 e. The Kier molecular flexibility index (Phi) is 3.88. The topological polar surface area (TPSA) is 42.0 Å². The Hall–Kier alpha value is -1.68. The van der Waals surface area contributed by atoms with Crippen LogP contribution in [0, 0.1) is 6.92 Å². The third-order valence-corrected chi connectivity index (χ3v) is 3.42. The van der Waals surface area contributed by atoms with E-state index in [0.717, 1.165) is 12.1 Å². The minimum Gasteiger partial charge on any atom is -0.351 e. The number of hydrogen-bond donors (Lipinski definition) is 1. The Morgan fingerprint density at radius 3 is 2.76 bits per heavy atom. The lowest BCUT2D eigenvalue weighted by molar-refractivity contribution is 0.0957. The molecule has 0 unspecified atom stereocenters. The minimum absolute atomic E-state index is 0.0269. The van der Waals surface area contributed by atoms with Gasteiger partial charge in [-0.2, -0.15) is 0 Å². The van der Waals surface area contributed by atoms with Gasteiger partial charge in [0.05, 0.1) is 11.2 Å². The molecule has 0 fully saturated rings. The van der Waals surface area contributed by atoms with Gasteiger partial charge in [-0.3, -0.25) is 4.79 Å². The SMILES string of the molecule is Cc1ncsc1C(=O)NCCc1ccccc1. The molecule has 0 atom stereocenters. The highest BCUT2D eigenvalue weighted by molar-refractivity contribution is 7.11. The average Bonchev–Trinajstić information content (AvgIpc) is 2.77. The summed E-state index contributed by atoms with van der Waals surface area (Å²) >= 11 is 1.38. The van der Waals surface area contributed by atoms with Crippen molar-refractivity contribution in [3.05, 3.63) is 52.0 Å². The number of aromatic nitrogens is 1. The lowest BCUT2D eigenvalue weighted by Crippen LogP contribution is -2.25. The third kappa shape index (κ3) is 3.14. The summed E-state index contributed by atoms with van der Waals surface area (Å²) in [6, 6.07) is 10.1. The fraction of sp³-hybridized carbons (Fsp3) is 0.231. The average molecular weight is 246 g/mol. The number of nitrogens with one attached hydrogen (secondary N) is 1. The van der Waals surface area contributed by atoms with E-state index < -0.39 is 0 Å². The zero-order valence-corrected chi connectivity index (χ0v) is 10.5. The predicted octanol–water partition coefficient (Wildman–Crippen LogP) is 2.42. The summed E-state index contributed by atoms with van der Waals surface area (Å²) in [6.45, 7) is 2.50. The molecule has 0 bridgehead atoms. The summed E-state index contributed by atoms with van der Waals surface area (Å²) in [4.78, 5) is 16.5. The van der Waals surface area contributed by atoms with Crippen LogP contribution in [0.5, 0.6) is 0 Å². The Labute approximate surface area is 105 Å². The first-order valence-corrected chi connectivity index (χ1v) is 6.37. The lowest BCUT2D eigenvalue weighted by Gasteiger charge is -2.04. The molecule has 0 aliphatic rings. The fourth-order valence-corrected chi connectivity index (χ4v) is 2.28. The van der Waals surface area contributed by atoms with E-state index in [1.54, 1.807) is 5.51 Å². The molecule has 2 aromatic rings. The Balaban J connectivity index is 1.84. The first-order valence-electron chi connectivity index (χ1n) is 5.49. The van der Waals surface area contributed by atoms with Crippen LogP contribution in [0.1, 0.15) is 20.9 Å². The summed E-state index contributed by atoms with van der Waals surface area (Å²) in [7, 11) is 0. The van der Waals surface area contributed by atoms with Gasteiger partial charge >= 0.3 is 0 Å². The number of amides is 1. The maximum absolute atomic E-state index is 11.8. The van der Waals surface area contributed by atoms with Crippen molar-refractivity contribution in [1.82, 2.24) is 10.3 Å². The quantitative estimate of drug-likeness (QED) is 0.900. The monoisotopic (exact) mass is 246 g/mol. The van der Waals surface area contributed by atoms with Gasteiger partial charge in [0.25, 0.3) is 5.91 Å². The lowest BCUT2D eigenvalue weighted by atomic mass is 10.1. The van der Waals surface area contributed by atoms with E-state index in [0.29, 0.717) is 11.4 Å². The van der Waals surface area contributed by atoms with Crippen molar-refractivity contribution >= 4 is 17.2 Å². The molecule has 0 aliphatic heterocycles. The summed E-state index contributed by atoms with van der Waals surface area (Å²) in [5.41, 5.74) is 3.72. The van der Waals surface area contributed by atoms with Crippen molar-refractivity contribution in [1.29, 1.82) is 0 Å². The Morgan fingerprint density at radius 1 is 1.35 bits per heavy atom. The first kappa shape index (κ1) is 11.8. The fourth-order valence-electron chi connectivity index (χ4n) is 1.57. The van der Waals surface area contributed by atoms with Gasteiger partial charge in [0.1, 0.15) is 4.88 Å². The van der Waals surface area contributed by atoms with Crippen molar-refractivity contribution in [2.75, 3.05) is 6.54 Å². The van der Waals surface area contributed by atoms with Gasteiger partial charge in [-0.05, 0) is 18.9 Å². The highest BCUT2D eigenvalue weighted by Crippen LogP contribution is 2.11. The zero-order chi connectivity index (χ0) is 12.1. The molecule has 0 saturated heterocycles. The van der Waals surface area contributed by atoms with Gasteiger partial charge < -0.3 is 5.32 Å². The van der Waals surface area contributed by atoms with Gasteiger partial charge in [-0.1, -0.05) is 30.3 Å². The molecule has 3 nitrogen and oxygen atoms in total. The van der Waals surface area contributed by atoms with E-state index in [1.165, 1.54) is 16.9 Å². The number of aryl methyl sites for hydroxylation is 1. The molecule has 0 aliphatic carbocycles. The van der Waals surface area contributed by atoms with Gasteiger partial charge in [-0.25, -0.2) is 4.98 Å². The molecule has 0 radical (unpaired) electrons. The molecular formula is C13H14N2OS. The normalized spacial score (nSPS) is 10.2. The van der Waals surface area contributed by atoms with E-state index in [1.807, 2.05) is 25.1 Å². The highest BCUT2D eigenvalue weighted by Gasteiger charge is 2.10. The van der Waals surface area contributed by atoms with Crippen LogP contribution in [-0.2, 0) is 6.42 Å². The van der Waals surface area contributed by atoms with E-state index in [-0.39, 0.29) is 5.91 Å². The number of thiazole rings is 1. The number of nitrogens with zero attached hydrogens (tertiary/aromatic N) is 1. The van der Waals surface area contributed by atoms with Crippen molar-refractivity contribution in [3.8, 4) is 0 Å². The highest BCUT2D eigenvalue weighted by atomic mass is 32.1. The van der Waals surface area contributed by atoms with Crippen molar-refractivity contribution < 1.29 is 4.79 Å². The van der Waals surface area contributed by atoms with Crippen LogP contribution in [0.4, 0.5) is 0 Å². The number of hydrogen-bond acceptors (Lipinski definition) is 3. The number of rotatable bonds is 4. The second-order valence-electron chi connectivity index (χ2n) is 3.76. The molecule has 4 heteroatoms. The molecule has 0 spiro atoms. The smallest absolute Gasteiger partial charge is 0.263 e. The van der Waals surface area contributed by atoms with Crippen LogP contribution in [0.2, 0.25) is 0 Å². The van der Waals surface area contributed by atoms with Crippen LogP contribution in [-0.4, -0.2) is 17.4 Å². The van der Waals surface area contributed by atoms with E-state index >= 15 is 0 Å². The number of carbonyl (C=O) groups excluding carboxylic acids is 1. The van der Waals surface area contributed by atoms with Crippen molar-refractivity contribution in [2.45, 2.75) is 13.3 Å². The summed E-state index contributed by atoms with van der Waals surface area (Å²) < 4.78 is 0. The molecule has 17 heavy (non-hydrogen) atoms. The summed E-state index contributed by atoms with van der Waals surface area (Å²) in [5, 5.41) is 2.91. The summed E-state index contributed by atoms with van der Waals surface area (Å²) in [6.07, 6.45) is 0.852. The maximum atomic E-state index is 11.8. The molecule has 1 heterocycles. The number of benzene rings is 1. The molecular weight excluding hydrogens is 232 g/mol. The van der Waals surface area contributed by atoms with E-state index in [9.17, 15) is 4.79 Å². The number of carbonyl (C=O) groups is 1. The molecule has 2 rings (SSSR count). The van der Waals surface area contributed by atoms with Crippen molar-refractivity contribution in [2.24, 2.45) is 0 Å². The largest absolute Gasteiger partial charge is 0.351 e. The van der Waals surface area contributed by atoms with Gasteiger partial charge in [0.15, 0.2) is 0 Å². The van der Waals surface area contributed by atoms with E-state index in [2.05, 4.69) is 22.4 Å². The molecule has 88 valence electrons. The summed E-state index contributed by atoms with van der Waals surface area (Å²) in [5.74, 6) is -0.0269. The minimum atomic E-state index is -0.0269. The second-order valence-corrected chi connectivity index (χ2v) is 4.61. The molecule has 1 N–H and O–H groups in total. The second kappa shape index (κ2) is 5.59. The standard InChI is InChI=1S/C13H14N2OS/c1-10-12(17-9-15-10)13(16)14-8-7-11-5-3-2-4-6-11/h2-6,9H,7-8H2,1H3,(H,14,16). The van der Waals surface area contributed by atoms with Crippen LogP contribution in [0.25, 0.3) is 0 Å². The van der Waals surface area contributed by atoms with Crippen LogP contribution in [0.3, 0.4) is 0 Å². The predicted molar refractivity (Wildman–Crippen MR) is 69.3 cm³/mol. The van der Waals surface area contributed by atoms with Gasteiger partial charge in [-0.15, -0.1) is 11.3 Å². The first-order chi connectivity index (χ1) is 8.27. The molecule has 0 saturated carbocycles. The molecule has 1 aromatic carbocycles. The Morgan fingerprint density at radius 2 is 2.12 bits per heavy atom. The van der Waals surface area contributed by atoms with Crippen LogP contribution >= 0.6 is 11.3 Å². The molecule has 1 amide bonds. The van der Waals surface area contributed by atoms with Gasteiger partial charge in [0.2, 0.25) is 0 Å². The Bertz CT molecular complexity index is 493. The van der Waals surface area contributed by atoms with E-state index in [4.69, 9.17) is 0 Å². The van der Waals surface area contributed by atoms with Crippen LogP contribution < -0.4 is 5.32 Å². The zero-order valence-electron chi connectivity index (χ0n) is 9.64. The molecule has 1 aromatic heterocycles.